The summed E-state index contributed by atoms with van der Waals surface area (Å²) in [7, 11) is 0. The van der Waals surface area contributed by atoms with E-state index in [0.717, 1.165) is 32.1 Å². The molecule has 4 N–H and O–H groups in total. The molecule has 0 amide bonds. The van der Waals surface area contributed by atoms with Crippen LogP contribution in [-0.4, -0.2) is 44.7 Å². The van der Waals surface area contributed by atoms with Crippen LogP contribution in [0.2, 0.25) is 5.02 Å². The van der Waals surface area contributed by atoms with Crippen molar-refractivity contribution >= 4 is 23.5 Å². The first-order valence-electron chi connectivity index (χ1n) is 10.3. The first kappa shape index (κ1) is 23.6. The molecule has 2 aliphatic heterocycles. The van der Waals surface area contributed by atoms with Crippen LogP contribution in [0, 0.1) is 6.92 Å². The van der Waals surface area contributed by atoms with Crippen molar-refractivity contribution in [1.29, 1.82) is 0 Å². The Labute approximate surface area is 191 Å². The number of rotatable bonds is 6. The number of hydrogen-bond donors (Lipinski definition) is 4. The number of para-hydroxylation sites is 1. The summed E-state index contributed by atoms with van der Waals surface area (Å²) in [5.74, 6) is 1.58. The Hall–Kier alpha value is -3.07. The minimum Gasteiger partial charge on any atom is -0.433 e. The highest BCUT2D eigenvalue weighted by molar-refractivity contribution is 6.32. The molecule has 0 aromatic heterocycles. The molecule has 0 spiro atoms. The highest BCUT2D eigenvalue weighted by atomic mass is 35.5. The van der Waals surface area contributed by atoms with E-state index in [1.165, 1.54) is 17.2 Å². The summed E-state index contributed by atoms with van der Waals surface area (Å²) >= 11 is 5.84. The van der Waals surface area contributed by atoms with Crippen molar-refractivity contribution in [2.45, 2.75) is 26.6 Å². The molecule has 32 heavy (non-hydrogen) atoms. The molecule has 0 atom stereocenters. The van der Waals surface area contributed by atoms with Gasteiger partial charge in [0.15, 0.2) is 11.9 Å². The van der Waals surface area contributed by atoms with Crippen molar-refractivity contribution in [2.75, 3.05) is 26.2 Å². The Bertz CT molecular complexity index is 954. The normalized spacial score (nSPS) is 14.5. The summed E-state index contributed by atoms with van der Waals surface area (Å²) in [6, 6.07) is 13.2. The van der Waals surface area contributed by atoms with E-state index in [2.05, 4.69) is 67.2 Å². The van der Waals surface area contributed by atoms with Gasteiger partial charge in [0.1, 0.15) is 5.75 Å². The summed E-state index contributed by atoms with van der Waals surface area (Å²) in [5, 5.41) is 12.6. The van der Waals surface area contributed by atoms with Crippen molar-refractivity contribution in [3.8, 4) is 5.75 Å². The molecule has 0 saturated heterocycles. The maximum Gasteiger partial charge on any atom is 0.387 e. The van der Waals surface area contributed by atoms with Crippen LogP contribution >= 0.6 is 11.6 Å². The van der Waals surface area contributed by atoms with E-state index in [4.69, 9.17) is 11.6 Å². The Kier molecular flexibility index (Phi) is 8.91. The first-order valence-corrected chi connectivity index (χ1v) is 10.7. The topological polar surface area (TPSA) is 82.1 Å². The molecule has 0 radical (unpaired) electrons. The predicted octanol–water partition coefficient (Wildman–Crippen LogP) is 3.03. The van der Waals surface area contributed by atoms with Gasteiger partial charge in [0.05, 0.1) is 18.1 Å². The molecular weight excluding hydrogens is 438 g/mol. The molecule has 0 bridgehead atoms. The third-order valence-electron chi connectivity index (χ3n) is 4.76. The second-order valence-electron chi connectivity index (χ2n) is 7.05. The van der Waals surface area contributed by atoms with E-state index in [0.29, 0.717) is 24.6 Å². The molecule has 0 unspecified atom stereocenters. The zero-order chi connectivity index (χ0) is 22.8. The number of nitrogens with zero attached hydrogens (tertiary/aromatic N) is 2. The van der Waals surface area contributed by atoms with Crippen LogP contribution in [-0.2, 0) is 13.1 Å². The molecule has 0 fully saturated rings. The third kappa shape index (κ3) is 7.26. The molecule has 172 valence electrons. The van der Waals surface area contributed by atoms with Crippen LogP contribution in [0.15, 0.2) is 52.4 Å². The first-order chi connectivity index (χ1) is 15.5. The molecule has 2 aliphatic rings. The lowest BCUT2D eigenvalue weighted by Crippen LogP contribution is -2.33. The highest BCUT2D eigenvalue weighted by Gasteiger charge is 2.14. The van der Waals surface area contributed by atoms with Gasteiger partial charge in [0.2, 0.25) is 0 Å². The fourth-order valence-electron chi connectivity index (χ4n) is 3.11. The van der Waals surface area contributed by atoms with E-state index in [-0.39, 0.29) is 10.8 Å². The number of ether oxygens (including phenoxy) is 1. The van der Waals surface area contributed by atoms with Gasteiger partial charge in [0, 0.05) is 31.7 Å². The van der Waals surface area contributed by atoms with Gasteiger partial charge in [0.25, 0.3) is 0 Å². The van der Waals surface area contributed by atoms with Crippen LogP contribution < -0.4 is 26.0 Å². The van der Waals surface area contributed by atoms with Gasteiger partial charge in [-0.1, -0.05) is 48.0 Å². The summed E-state index contributed by atoms with van der Waals surface area (Å²) in [6.07, 6.45) is 0. The standard InChI is InChI=1S/C11H12ClF2N3O.C11H15N3/c12-8-3-1-2-7(9(8)18-10(13)14)6-17-11-15-4-5-16-11;1-9-4-2-3-5-10(9)8-14-11-12-6-7-13-11/h1-3,10H,4-6H2,(H2,15,16,17);2-5H,6-8H2,1H3,(H2,12,13,14). The minimum absolute atomic E-state index is 0.000244. The quantitative estimate of drug-likeness (QED) is 0.528. The Morgan fingerprint density at radius 2 is 1.53 bits per heavy atom. The molecule has 4 rings (SSSR count). The molecular formula is C22H27ClF2N6O. The number of hydrogen-bond acceptors (Lipinski definition) is 7. The number of guanidine groups is 2. The van der Waals surface area contributed by atoms with E-state index in [1.807, 2.05) is 0 Å². The Morgan fingerprint density at radius 3 is 2.09 bits per heavy atom. The van der Waals surface area contributed by atoms with Crippen LogP contribution in [0.1, 0.15) is 16.7 Å². The lowest BCUT2D eigenvalue weighted by molar-refractivity contribution is -0.0504. The zero-order valence-electron chi connectivity index (χ0n) is 17.8. The molecule has 10 heteroatoms. The Morgan fingerprint density at radius 1 is 0.938 bits per heavy atom. The second kappa shape index (κ2) is 12.1. The van der Waals surface area contributed by atoms with Crippen molar-refractivity contribution in [3.63, 3.8) is 0 Å². The van der Waals surface area contributed by atoms with Crippen molar-refractivity contribution in [3.05, 3.63) is 64.2 Å². The Balaban J connectivity index is 0.000000186. The highest BCUT2D eigenvalue weighted by Crippen LogP contribution is 2.30. The van der Waals surface area contributed by atoms with Gasteiger partial charge < -0.3 is 26.0 Å². The van der Waals surface area contributed by atoms with Crippen molar-refractivity contribution in [2.24, 2.45) is 9.98 Å². The minimum atomic E-state index is -2.90. The fraction of sp³-hybridized carbons (Fsp3) is 0.364. The summed E-state index contributed by atoms with van der Waals surface area (Å²) in [5.41, 5.74) is 3.20. The zero-order valence-corrected chi connectivity index (χ0v) is 18.6. The fourth-order valence-corrected chi connectivity index (χ4v) is 3.35. The van der Waals surface area contributed by atoms with E-state index >= 15 is 0 Å². The van der Waals surface area contributed by atoms with Gasteiger partial charge in [-0.25, -0.2) is 0 Å². The lowest BCUT2D eigenvalue weighted by Gasteiger charge is -2.13. The monoisotopic (exact) mass is 464 g/mol. The molecule has 0 saturated carbocycles. The number of benzene rings is 2. The summed E-state index contributed by atoms with van der Waals surface area (Å²) in [4.78, 5) is 8.41. The number of aryl methyl sites for hydroxylation is 1. The maximum atomic E-state index is 12.3. The van der Waals surface area contributed by atoms with Crippen LogP contribution in [0.5, 0.6) is 5.75 Å². The summed E-state index contributed by atoms with van der Waals surface area (Å²) < 4.78 is 29.0. The third-order valence-corrected chi connectivity index (χ3v) is 5.06. The van der Waals surface area contributed by atoms with E-state index in [9.17, 15) is 8.78 Å². The van der Waals surface area contributed by atoms with Crippen molar-refractivity contribution in [1.82, 2.24) is 21.3 Å². The molecule has 2 heterocycles. The van der Waals surface area contributed by atoms with Gasteiger partial charge in [-0.15, -0.1) is 0 Å². The predicted molar refractivity (Wildman–Crippen MR) is 124 cm³/mol. The summed E-state index contributed by atoms with van der Waals surface area (Å²) in [6.45, 7) is 3.71. The van der Waals surface area contributed by atoms with Gasteiger partial charge in [-0.2, -0.15) is 8.78 Å². The van der Waals surface area contributed by atoms with Crippen molar-refractivity contribution < 1.29 is 13.5 Å². The molecule has 2 aromatic carbocycles. The SMILES string of the molecule is Cc1ccccc1CNC1=NCCN1.FC(F)Oc1c(Cl)cccc1CNC1=NCCN1. The molecule has 2 aromatic rings. The number of nitrogens with one attached hydrogen (secondary N) is 4. The van der Waals surface area contributed by atoms with Crippen LogP contribution in [0.4, 0.5) is 8.78 Å². The van der Waals surface area contributed by atoms with E-state index < -0.39 is 6.61 Å². The largest absolute Gasteiger partial charge is 0.433 e. The number of aliphatic imine (C=N–C) groups is 2. The second-order valence-corrected chi connectivity index (χ2v) is 7.46. The van der Waals surface area contributed by atoms with Gasteiger partial charge in [-0.05, 0) is 24.1 Å². The average Bonchev–Trinajstić information content (AvgIpc) is 3.48. The van der Waals surface area contributed by atoms with E-state index in [1.54, 1.807) is 12.1 Å². The number of alkyl halides is 2. The van der Waals surface area contributed by atoms with Crippen LogP contribution in [0.25, 0.3) is 0 Å². The average molecular weight is 465 g/mol. The smallest absolute Gasteiger partial charge is 0.387 e. The lowest BCUT2D eigenvalue weighted by atomic mass is 10.1. The molecule has 7 nitrogen and oxygen atoms in total. The van der Waals surface area contributed by atoms with Crippen LogP contribution in [0.3, 0.4) is 0 Å². The van der Waals surface area contributed by atoms with Gasteiger partial charge >= 0.3 is 6.61 Å². The number of halogens is 3. The molecule has 0 aliphatic carbocycles. The maximum absolute atomic E-state index is 12.3. The van der Waals surface area contributed by atoms with Gasteiger partial charge in [-0.3, -0.25) is 9.98 Å².